The third-order valence-corrected chi connectivity index (χ3v) is 3.28. The van der Waals surface area contributed by atoms with Crippen molar-refractivity contribution in [3.63, 3.8) is 0 Å². The molecule has 1 heterocycles. The molecule has 0 saturated carbocycles. The van der Waals surface area contributed by atoms with Crippen LogP contribution in [-0.4, -0.2) is 62.0 Å². The Hall–Kier alpha value is -2.48. The number of anilines is 1. The number of carbonyl (C=O) groups is 2. The number of amides is 2. The number of carbonyl (C=O) groups excluding carboxylic acids is 1. The first-order valence-corrected chi connectivity index (χ1v) is 6.67. The molecule has 2 rings (SSSR count). The van der Waals surface area contributed by atoms with Crippen LogP contribution in [0.15, 0.2) is 18.2 Å². The van der Waals surface area contributed by atoms with Gasteiger partial charge in [0.2, 0.25) is 0 Å². The van der Waals surface area contributed by atoms with Gasteiger partial charge in [-0.15, -0.1) is 0 Å². The zero-order valence-electron chi connectivity index (χ0n) is 12.4. The van der Waals surface area contributed by atoms with Crippen molar-refractivity contribution in [2.45, 2.75) is 6.10 Å². The molecule has 1 aromatic rings. The molecular weight excluding hydrogens is 292 g/mol. The van der Waals surface area contributed by atoms with E-state index in [2.05, 4.69) is 5.32 Å². The van der Waals surface area contributed by atoms with E-state index < -0.39 is 18.1 Å². The highest BCUT2D eigenvalue weighted by Crippen LogP contribution is 2.29. The van der Waals surface area contributed by atoms with Crippen LogP contribution in [0.3, 0.4) is 0 Å². The summed E-state index contributed by atoms with van der Waals surface area (Å²) in [6.45, 7) is 0.495. The van der Waals surface area contributed by atoms with E-state index in [1.807, 2.05) is 0 Å². The van der Waals surface area contributed by atoms with Gasteiger partial charge in [0.1, 0.15) is 11.5 Å². The van der Waals surface area contributed by atoms with Crippen LogP contribution >= 0.6 is 0 Å². The first-order chi connectivity index (χ1) is 10.5. The van der Waals surface area contributed by atoms with E-state index in [1.165, 1.54) is 19.1 Å². The molecule has 1 fully saturated rings. The average molecular weight is 310 g/mol. The van der Waals surface area contributed by atoms with Crippen LogP contribution < -0.4 is 14.8 Å². The van der Waals surface area contributed by atoms with Crippen LogP contribution in [-0.2, 0) is 9.53 Å². The third kappa shape index (κ3) is 3.59. The molecule has 0 aliphatic carbocycles. The van der Waals surface area contributed by atoms with Gasteiger partial charge in [0.05, 0.1) is 33.1 Å². The number of carboxylic acid groups (broad SMARTS) is 1. The van der Waals surface area contributed by atoms with Crippen LogP contribution in [0, 0.1) is 0 Å². The summed E-state index contributed by atoms with van der Waals surface area (Å²) < 4.78 is 15.4. The molecule has 8 nitrogen and oxygen atoms in total. The summed E-state index contributed by atoms with van der Waals surface area (Å²) in [5.41, 5.74) is 0.449. The van der Waals surface area contributed by atoms with Gasteiger partial charge in [0.15, 0.2) is 6.10 Å². The highest BCUT2D eigenvalue weighted by atomic mass is 16.5. The van der Waals surface area contributed by atoms with Gasteiger partial charge in [-0.05, 0) is 12.1 Å². The molecule has 8 heteroatoms. The van der Waals surface area contributed by atoms with E-state index >= 15 is 0 Å². The molecule has 22 heavy (non-hydrogen) atoms. The van der Waals surface area contributed by atoms with E-state index in [9.17, 15) is 9.59 Å². The normalized spacial score (nSPS) is 17.7. The number of nitrogens with one attached hydrogen (secondary N) is 1. The Balaban J connectivity index is 2.09. The summed E-state index contributed by atoms with van der Waals surface area (Å²) in [6.07, 6.45) is -1.01. The second-order valence-electron chi connectivity index (χ2n) is 4.64. The van der Waals surface area contributed by atoms with Crippen LogP contribution in [0.2, 0.25) is 0 Å². The number of morpholine rings is 1. The molecule has 1 saturated heterocycles. The smallest absolute Gasteiger partial charge is 0.334 e. The number of ether oxygens (including phenoxy) is 3. The Morgan fingerprint density at radius 2 is 2.14 bits per heavy atom. The first-order valence-electron chi connectivity index (χ1n) is 6.67. The Morgan fingerprint density at radius 3 is 2.77 bits per heavy atom. The van der Waals surface area contributed by atoms with Crippen molar-refractivity contribution < 1.29 is 28.9 Å². The maximum Gasteiger partial charge on any atom is 0.334 e. The Morgan fingerprint density at radius 1 is 1.36 bits per heavy atom. The topological polar surface area (TPSA) is 97.3 Å². The largest absolute Gasteiger partial charge is 0.497 e. The van der Waals surface area contributed by atoms with Crippen LogP contribution in [0.5, 0.6) is 11.5 Å². The van der Waals surface area contributed by atoms with Gasteiger partial charge in [0, 0.05) is 12.6 Å². The van der Waals surface area contributed by atoms with E-state index in [0.717, 1.165) is 0 Å². The van der Waals surface area contributed by atoms with E-state index in [1.54, 1.807) is 18.2 Å². The minimum absolute atomic E-state index is 0.00650. The second-order valence-corrected chi connectivity index (χ2v) is 4.64. The molecule has 1 aliphatic rings. The van der Waals surface area contributed by atoms with Crippen molar-refractivity contribution in [1.29, 1.82) is 0 Å². The lowest BCUT2D eigenvalue weighted by molar-refractivity contribution is -0.154. The second kappa shape index (κ2) is 6.99. The number of hydrogen-bond donors (Lipinski definition) is 2. The van der Waals surface area contributed by atoms with E-state index in [0.29, 0.717) is 23.7 Å². The highest BCUT2D eigenvalue weighted by Gasteiger charge is 2.29. The lowest BCUT2D eigenvalue weighted by Crippen LogP contribution is -2.49. The van der Waals surface area contributed by atoms with Gasteiger partial charge in [-0.25, -0.2) is 9.59 Å². The fourth-order valence-electron chi connectivity index (χ4n) is 2.09. The van der Waals surface area contributed by atoms with Crippen molar-refractivity contribution in [3.05, 3.63) is 18.2 Å². The van der Waals surface area contributed by atoms with Gasteiger partial charge in [-0.1, -0.05) is 0 Å². The standard InChI is InChI=1S/C14H18N2O6/c1-20-9-3-4-11(21-2)10(7-9)15-14(19)16-5-6-22-12(8-16)13(17)18/h3-4,7,12H,5-6,8H2,1-2H3,(H,15,19)(H,17,18). The molecule has 1 unspecified atom stereocenters. The molecule has 0 aromatic heterocycles. The molecular formula is C14H18N2O6. The lowest BCUT2D eigenvalue weighted by Gasteiger charge is -2.31. The number of benzene rings is 1. The SMILES string of the molecule is COc1ccc(OC)c(NC(=O)N2CCOC(C(=O)O)C2)c1. The number of aliphatic carboxylic acids is 1. The molecule has 0 bridgehead atoms. The van der Waals surface area contributed by atoms with Crippen molar-refractivity contribution in [1.82, 2.24) is 4.90 Å². The number of carboxylic acids is 1. The van der Waals surface area contributed by atoms with E-state index in [4.69, 9.17) is 19.3 Å². The Bertz CT molecular complexity index is 562. The summed E-state index contributed by atoms with van der Waals surface area (Å²) in [6, 6.07) is 4.60. The van der Waals surface area contributed by atoms with Crippen molar-refractivity contribution in [2.75, 3.05) is 39.2 Å². The molecule has 2 amide bonds. The summed E-state index contributed by atoms with van der Waals surface area (Å²) in [7, 11) is 3.01. The summed E-state index contributed by atoms with van der Waals surface area (Å²) >= 11 is 0. The Kier molecular flexibility index (Phi) is 5.05. The minimum Gasteiger partial charge on any atom is -0.497 e. The predicted molar refractivity (Wildman–Crippen MR) is 77.5 cm³/mol. The molecule has 1 aliphatic heterocycles. The number of nitrogens with zero attached hydrogens (tertiary/aromatic N) is 1. The fraction of sp³-hybridized carbons (Fsp3) is 0.429. The maximum atomic E-state index is 12.3. The summed E-state index contributed by atoms with van der Waals surface area (Å²) in [5, 5.41) is 11.7. The van der Waals surface area contributed by atoms with Crippen LogP contribution in [0.1, 0.15) is 0 Å². The Labute approximate surface area is 127 Å². The molecule has 2 N–H and O–H groups in total. The highest BCUT2D eigenvalue weighted by molar-refractivity contribution is 5.91. The molecule has 1 aromatic carbocycles. The molecule has 1 atom stereocenters. The number of urea groups is 1. The molecule has 0 spiro atoms. The monoisotopic (exact) mass is 310 g/mol. The van der Waals surface area contributed by atoms with Gasteiger partial charge in [-0.2, -0.15) is 0 Å². The maximum absolute atomic E-state index is 12.3. The third-order valence-electron chi connectivity index (χ3n) is 3.28. The van der Waals surface area contributed by atoms with Gasteiger partial charge >= 0.3 is 12.0 Å². The summed E-state index contributed by atoms with van der Waals surface area (Å²) in [4.78, 5) is 24.6. The molecule has 120 valence electrons. The predicted octanol–water partition coefficient (Wildman–Crippen LogP) is 1.02. The molecule has 0 radical (unpaired) electrons. The van der Waals surface area contributed by atoms with Gasteiger partial charge in [-0.3, -0.25) is 0 Å². The number of hydrogen-bond acceptors (Lipinski definition) is 5. The quantitative estimate of drug-likeness (QED) is 0.862. The van der Waals surface area contributed by atoms with Crippen molar-refractivity contribution in [2.24, 2.45) is 0 Å². The van der Waals surface area contributed by atoms with Crippen LogP contribution in [0.25, 0.3) is 0 Å². The first kappa shape index (κ1) is 15.9. The zero-order chi connectivity index (χ0) is 16.1. The average Bonchev–Trinajstić information content (AvgIpc) is 2.54. The summed E-state index contributed by atoms with van der Waals surface area (Å²) in [5.74, 6) is -0.0323. The number of methoxy groups -OCH3 is 2. The van der Waals surface area contributed by atoms with Crippen molar-refractivity contribution >= 4 is 17.7 Å². The zero-order valence-corrected chi connectivity index (χ0v) is 12.4. The van der Waals surface area contributed by atoms with Gasteiger partial charge in [0.25, 0.3) is 0 Å². The van der Waals surface area contributed by atoms with Gasteiger partial charge < -0.3 is 29.5 Å². The van der Waals surface area contributed by atoms with Crippen molar-refractivity contribution in [3.8, 4) is 11.5 Å². The minimum atomic E-state index is -1.09. The van der Waals surface area contributed by atoms with Crippen LogP contribution in [0.4, 0.5) is 10.5 Å². The van der Waals surface area contributed by atoms with E-state index in [-0.39, 0.29) is 13.2 Å². The lowest BCUT2D eigenvalue weighted by atomic mass is 10.2. The number of rotatable bonds is 4. The fourth-order valence-corrected chi connectivity index (χ4v) is 2.09.